The number of ether oxygens (including phenoxy) is 1. The van der Waals surface area contributed by atoms with E-state index in [2.05, 4.69) is 4.74 Å². The van der Waals surface area contributed by atoms with Crippen LogP contribution in [-0.4, -0.2) is 24.3 Å². The summed E-state index contributed by atoms with van der Waals surface area (Å²) in [6.07, 6.45) is 0.648. The van der Waals surface area contributed by atoms with Crippen LogP contribution in [-0.2, 0) is 9.53 Å². The third-order valence-electron chi connectivity index (χ3n) is 1.94. The molecular formula is C8H16O3. The first-order chi connectivity index (χ1) is 5.17. The van der Waals surface area contributed by atoms with Gasteiger partial charge in [0.15, 0.2) is 6.10 Å². The fraction of sp³-hybridized carbons (Fsp3) is 0.875. The smallest absolute Gasteiger partial charge is 0.334 e. The molecule has 0 fully saturated rings. The summed E-state index contributed by atoms with van der Waals surface area (Å²) in [7, 11) is 1.29. The molecule has 66 valence electrons. The summed E-state index contributed by atoms with van der Waals surface area (Å²) < 4.78 is 4.41. The largest absolute Gasteiger partial charge is 0.467 e. The Balaban J connectivity index is 3.97. The maximum atomic E-state index is 10.8. The maximum Gasteiger partial charge on any atom is 0.334 e. The van der Waals surface area contributed by atoms with Gasteiger partial charge in [-0.15, -0.1) is 0 Å². The van der Waals surface area contributed by atoms with Crippen molar-refractivity contribution >= 4 is 5.97 Å². The Labute approximate surface area is 67.4 Å². The number of carbonyl (C=O) groups excluding carboxylic acids is 1. The predicted octanol–water partition coefficient (Wildman–Crippen LogP) is 0.956. The van der Waals surface area contributed by atoms with E-state index >= 15 is 0 Å². The molecule has 0 radical (unpaired) electrons. The summed E-state index contributed by atoms with van der Waals surface area (Å²) in [5, 5.41) is 9.30. The molecular weight excluding hydrogens is 144 g/mol. The molecule has 0 aromatic heterocycles. The Bertz CT molecular complexity index is 119. The van der Waals surface area contributed by atoms with Crippen LogP contribution in [0.4, 0.5) is 0 Å². The fourth-order valence-corrected chi connectivity index (χ4v) is 1.05. The van der Waals surface area contributed by atoms with Gasteiger partial charge >= 0.3 is 5.97 Å². The van der Waals surface area contributed by atoms with E-state index in [4.69, 9.17) is 0 Å². The lowest BCUT2D eigenvalue weighted by Crippen LogP contribution is -2.29. The van der Waals surface area contributed by atoms with Crippen molar-refractivity contribution < 1.29 is 14.6 Å². The molecule has 1 N–H and O–H groups in total. The van der Waals surface area contributed by atoms with Crippen LogP contribution in [0.25, 0.3) is 0 Å². The third kappa shape index (κ3) is 2.89. The highest BCUT2D eigenvalue weighted by Gasteiger charge is 2.23. The Morgan fingerprint density at radius 1 is 1.45 bits per heavy atom. The molecule has 0 spiro atoms. The highest BCUT2D eigenvalue weighted by atomic mass is 16.5. The maximum absolute atomic E-state index is 10.8. The normalized spacial score (nSPS) is 13.2. The quantitative estimate of drug-likeness (QED) is 0.623. The second-order valence-electron chi connectivity index (χ2n) is 2.54. The van der Waals surface area contributed by atoms with Gasteiger partial charge < -0.3 is 9.84 Å². The van der Waals surface area contributed by atoms with E-state index in [1.807, 2.05) is 13.8 Å². The number of hydrogen-bond acceptors (Lipinski definition) is 3. The number of hydrogen-bond donors (Lipinski definition) is 1. The van der Waals surface area contributed by atoms with Gasteiger partial charge in [-0.1, -0.05) is 26.7 Å². The second-order valence-corrected chi connectivity index (χ2v) is 2.54. The van der Waals surface area contributed by atoms with Crippen molar-refractivity contribution in [1.29, 1.82) is 0 Å². The molecule has 0 saturated heterocycles. The van der Waals surface area contributed by atoms with Crippen LogP contribution in [0.3, 0.4) is 0 Å². The van der Waals surface area contributed by atoms with E-state index in [0.717, 1.165) is 12.8 Å². The van der Waals surface area contributed by atoms with Gasteiger partial charge in [0, 0.05) is 0 Å². The van der Waals surface area contributed by atoms with Gasteiger partial charge in [0.2, 0.25) is 0 Å². The van der Waals surface area contributed by atoms with E-state index in [0.29, 0.717) is 0 Å². The van der Waals surface area contributed by atoms with Crippen LogP contribution in [0.1, 0.15) is 26.7 Å². The zero-order valence-electron chi connectivity index (χ0n) is 7.33. The van der Waals surface area contributed by atoms with Crippen LogP contribution >= 0.6 is 0 Å². The predicted molar refractivity (Wildman–Crippen MR) is 42.1 cm³/mol. The van der Waals surface area contributed by atoms with E-state index < -0.39 is 12.1 Å². The van der Waals surface area contributed by atoms with Crippen LogP contribution < -0.4 is 0 Å². The molecule has 0 heterocycles. The summed E-state index contributed by atoms with van der Waals surface area (Å²) in [6, 6.07) is 0. The highest BCUT2D eigenvalue weighted by Crippen LogP contribution is 2.13. The first-order valence-electron chi connectivity index (χ1n) is 3.93. The minimum Gasteiger partial charge on any atom is -0.467 e. The van der Waals surface area contributed by atoms with E-state index in [-0.39, 0.29) is 5.92 Å². The van der Waals surface area contributed by atoms with Crippen molar-refractivity contribution in [2.75, 3.05) is 7.11 Å². The Morgan fingerprint density at radius 3 is 2.18 bits per heavy atom. The standard InChI is InChI=1S/C8H16O3/c1-4-6(5-2)7(9)8(10)11-3/h6-7,9H,4-5H2,1-3H3. The van der Waals surface area contributed by atoms with E-state index in [1.165, 1.54) is 7.11 Å². The third-order valence-corrected chi connectivity index (χ3v) is 1.94. The van der Waals surface area contributed by atoms with Crippen molar-refractivity contribution in [3.63, 3.8) is 0 Å². The monoisotopic (exact) mass is 160 g/mol. The molecule has 0 aliphatic carbocycles. The number of aliphatic hydroxyl groups excluding tert-OH is 1. The Kier molecular flexibility index (Phi) is 4.86. The molecule has 0 aromatic carbocycles. The summed E-state index contributed by atoms with van der Waals surface area (Å²) in [6.45, 7) is 3.89. The number of rotatable bonds is 4. The molecule has 0 bridgehead atoms. The van der Waals surface area contributed by atoms with Crippen molar-refractivity contribution in [3.8, 4) is 0 Å². The molecule has 0 amide bonds. The lowest BCUT2D eigenvalue weighted by molar-refractivity contribution is -0.153. The zero-order valence-corrected chi connectivity index (χ0v) is 7.33. The van der Waals surface area contributed by atoms with Gasteiger partial charge in [-0.3, -0.25) is 0 Å². The van der Waals surface area contributed by atoms with E-state index in [1.54, 1.807) is 0 Å². The van der Waals surface area contributed by atoms with Crippen molar-refractivity contribution in [3.05, 3.63) is 0 Å². The SMILES string of the molecule is CCC(CC)C(O)C(=O)OC. The van der Waals surface area contributed by atoms with Gasteiger partial charge in [-0.2, -0.15) is 0 Å². The second kappa shape index (κ2) is 5.13. The molecule has 1 unspecified atom stereocenters. The molecule has 0 aliphatic heterocycles. The van der Waals surface area contributed by atoms with Gasteiger partial charge in [-0.25, -0.2) is 4.79 Å². The fourth-order valence-electron chi connectivity index (χ4n) is 1.05. The summed E-state index contributed by atoms with van der Waals surface area (Å²) in [5.74, 6) is -0.499. The summed E-state index contributed by atoms with van der Waals surface area (Å²) in [5.41, 5.74) is 0. The van der Waals surface area contributed by atoms with Crippen molar-refractivity contribution in [2.45, 2.75) is 32.8 Å². The highest BCUT2D eigenvalue weighted by molar-refractivity contribution is 5.74. The van der Waals surface area contributed by atoms with Crippen LogP contribution in [0.15, 0.2) is 0 Å². The van der Waals surface area contributed by atoms with Gasteiger partial charge in [0.25, 0.3) is 0 Å². The minimum atomic E-state index is -0.949. The Hall–Kier alpha value is -0.570. The topological polar surface area (TPSA) is 46.5 Å². The van der Waals surface area contributed by atoms with Gasteiger partial charge in [-0.05, 0) is 5.92 Å². The molecule has 11 heavy (non-hydrogen) atoms. The first-order valence-corrected chi connectivity index (χ1v) is 3.93. The summed E-state index contributed by atoms with van der Waals surface area (Å²) >= 11 is 0. The molecule has 3 heteroatoms. The zero-order chi connectivity index (χ0) is 8.85. The lowest BCUT2D eigenvalue weighted by Gasteiger charge is -2.16. The van der Waals surface area contributed by atoms with Gasteiger partial charge in [0.05, 0.1) is 7.11 Å². The van der Waals surface area contributed by atoms with Crippen molar-refractivity contribution in [2.24, 2.45) is 5.92 Å². The molecule has 3 nitrogen and oxygen atoms in total. The number of methoxy groups -OCH3 is 1. The number of carbonyl (C=O) groups is 1. The van der Waals surface area contributed by atoms with Crippen molar-refractivity contribution in [1.82, 2.24) is 0 Å². The van der Waals surface area contributed by atoms with Crippen LogP contribution in [0, 0.1) is 5.92 Å². The van der Waals surface area contributed by atoms with Gasteiger partial charge in [0.1, 0.15) is 0 Å². The molecule has 0 rings (SSSR count). The average molecular weight is 160 g/mol. The number of aliphatic hydroxyl groups is 1. The molecule has 0 saturated carbocycles. The Morgan fingerprint density at radius 2 is 1.91 bits per heavy atom. The first kappa shape index (κ1) is 10.4. The average Bonchev–Trinajstić information content (AvgIpc) is 2.05. The molecule has 0 aromatic rings. The van der Waals surface area contributed by atoms with E-state index in [9.17, 15) is 9.90 Å². The molecule has 0 aliphatic rings. The number of esters is 1. The lowest BCUT2D eigenvalue weighted by atomic mass is 9.97. The van der Waals surface area contributed by atoms with Crippen LogP contribution in [0.5, 0.6) is 0 Å². The van der Waals surface area contributed by atoms with Crippen LogP contribution in [0.2, 0.25) is 0 Å². The minimum absolute atomic E-state index is 0.0300. The molecule has 1 atom stereocenters. The summed E-state index contributed by atoms with van der Waals surface area (Å²) in [4.78, 5) is 10.8.